The fraction of sp³-hybridized carbons (Fsp3) is 0.524. The number of likely N-dealkylation sites (tertiary alicyclic amines) is 2. The summed E-state index contributed by atoms with van der Waals surface area (Å²) in [7, 11) is 0. The standard InChI is InChI=1S/C21H27N5O2/c1-15-22-20(24-23-15)21-10-11-25(12-18(21)13-26(14-21)16(2)27)19(28)9-8-17-6-4-3-5-7-17/h3-7,18H,8-14H2,1-2H3,(H,22,23,24)/t18-,21-/m1/s1. The monoisotopic (exact) mass is 381 g/mol. The highest BCUT2D eigenvalue weighted by Crippen LogP contribution is 2.44. The number of piperidine rings is 1. The summed E-state index contributed by atoms with van der Waals surface area (Å²) in [5, 5.41) is 7.38. The molecular formula is C21H27N5O2. The van der Waals surface area contributed by atoms with Crippen LogP contribution >= 0.6 is 0 Å². The van der Waals surface area contributed by atoms with Crippen LogP contribution in [0.3, 0.4) is 0 Å². The van der Waals surface area contributed by atoms with Gasteiger partial charge in [-0.2, -0.15) is 5.10 Å². The van der Waals surface area contributed by atoms with Crippen LogP contribution in [-0.2, 0) is 21.4 Å². The topological polar surface area (TPSA) is 82.2 Å². The molecule has 148 valence electrons. The van der Waals surface area contributed by atoms with Crippen LogP contribution in [0.2, 0.25) is 0 Å². The first-order valence-corrected chi connectivity index (χ1v) is 9.94. The zero-order valence-electron chi connectivity index (χ0n) is 16.5. The van der Waals surface area contributed by atoms with Gasteiger partial charge in [0.15, 0.2) is 5.82 Å². The van der Waals surface area contributed by atoms with Gasteiger partial charge in [0.05, 0.1) is 5.41 Å². The highest BCUT2D eigenvalue weighted by atomic mass is 16.2. The van der Waals surface area contributed by atoms with E-state index in [0.717, 1.165) is 24.5 Å². The summed E-state index contributed by atoms with van der Waals surface area (Å²) < 4.78 is 0. The van der Waals surface area contributed by atoms with E-state index in [9.17, 15) is 9.59 Å². The van der Waals surface area contributed by atoms with Gasteiger partial charge < -0.3 is 9.80 Å². The number of nitrogens with zero attached hydrogens (tertiary/aromatic N) is 4. The molecule has 2 aromatic rings. The largest absolute Gasteiger partial charge is 0.342 e. The Labute approximate surface area is 165 Å². The van der Waals surface area contributed by atoms with Crippen molar-refractivity contribution in [3.63, 3.8) is 0 Å². The lowest BCUT2D eigenvalue weighted by Crippen LogP contribution is -2.51. The second-order valence-electron chi connectivity index (χ2n) is 8.07. The number of H-pyrrole nitrogens is 1. The molecule has 1 N–H and O–H groups in total. The van der Waals surface area contributed by atoms with Gasteiger partial charge in [-0.15, -0.1) is 0 Å². The van der Waals surface area contributed by atoms with E-state index >= 15 is 0 Å². The first kappa shape index (κ1) is 18.7. The van der Waals surface area contributed by atoms with Crippen molar-refractivity contribution in [1.29, 1.82) is 0 Å². The molecule has 1 aromatic carbocycles. The van der Waals surface area contributed by atoms with E-state index in [4.69, 9.17) is 0 Å². The van der Waals surface area contributed by atoms with Crippen LogP contribution in [0, 0.1) is 12.8 Å². The molecule has 0 aliphatic carbocycles. The predicted molar refractivity (Wildman–Crippen MR) is 105 cm³/mol. The minimum atomic E-state index is -0.257. The maximum absolute atomic E-state index is 12.8. The molecule has 0 radical (unpaired) electrons. The molecular weight excluding hydrogens is 354 g/mol. The van der Waals surface area contributed by atoms with Crippen LogP contribution in [0.5, 0.6) is 0 Å². The van der Waals surface area contributed by atoms with Crippen molar-refractivity contribution in [3.8, 4) is 0 Å². The van der Waals surface area contributed by atoms with Gasteiger partial charge in [-0.05, 0) is 25.3 Å². The van der Waals surface area contributed by atoms with E-state index in [1.807, 2.05) is 34.9 Å². The summed E-state index contributed by atoms with van der Waals surface area (Å²) in [6.07, 6.45) is 2.06. The van der Waals surface area contributed by atoms with Crippen LogP contribution in [0.1, 0.15) is 37.0 Å². The summed E-state index contributed by atoms with van der Waals surface area (Å²) in [5.41, 5.74) is 0.925. The van der Waals surface area contributed by atoms with Gasteiger partial charge in [0.1, 0.15) is 5.82 Å². The van der Waals surface area contributed by atoms with Gasteiger partial charge in [-0.25, -0.2) is 4.98 Å². The lowest BCUT2D eigenvalue weighted by Gasteiger charge is -2.41. The molecule has 0 bridgehead atoms. The quantitative estimate of drug-likeness (QED) is 0.874. The molecule has 0 spiro atoms. The van der Waals surface area contributed by atoms with E-state index in [-0.39, 0.29) is 23.1 Å². The highest BCUT2D eigenvalue weighted by molar-refractivity contribution is 5.77. The number of nitrogens with one attached hydrogen (secondary N) is 1. The highest BCUT2D eigenvalue weighted by Gasteiger charge is 2.54. The molecule has 0 unspecified atom stereocenters. The Kier molecular flexibility index (Phi) is 4.91. The van der Waals surface area contributed by atoms with Gasteiger partial charge in [0.25, 0.3) is 0 Å². The van der Waals surface area contributed by atoms with Crippen LogP contribution in [0.4, 0.5) is 0 Å². The summed E-state index contributed by atoms with van der Waals surface area (Å²) in [5.74, 6) is 2.00. The fourth-order valence-corrected chi connectivity index (χ4v) is 4.63. The number of amides is 2. The number of rotatable bonds is 4. The Morgan fingerprint density at radius 3 is 2.64 bits per heavy atom. The molecule has 3 heterocycles. The Bertz CT molecular complexity index is 865. The van der Waals surface area contributed by atoms with Crippen molar-refractivity contribution >= 4 is 11.8 Å². The number of hydrogen-bond acceptors (Lipinski definition) is 4. The molecule has 28 heavy (non-hydrogen) atoms. The normalized spacial score (nSPS) is 24.3. The molecule has 2 fully saturated rings. The minimum Gasteiger partial charge on any atom is -0.342 e. The Hall–Kier alpha value is -2.70. The number of hydrogen-bond donors (Lipinski definition) is 1. The van der Waals surface area contributed by atoms with E-state index in [0.29, 0.717) is 32.6 Å². The summed E-state index contributed by atoms with van der Waals surface area (Å²) in [6.45, 7) is 6.13. The molecule has 0 saturated carbocycles. The third-order valence-electron chi connectivity index (χ3n) is 6.27. The molecule has 2 aliphatic heterocycles. The maximum Gasteiger partial charge on any atom is 0.222 e. The third-order valence-corrected chi connectivity index (χ3v) is 6.27. The van der Waals surface area contributed by atoms with Crippen LogP contribution < -0.4 is 0 Å². The number of aromatic amines is 1. The van der Waals surface area contributed by atoms with E-state index in [1.54, 1.807) is 6.92 Å². The van der Waals surface area contributed by atoms with Gasteiger partial charge in [0, 0.05) is 45.4 Å². The van der Waals surface area contributed by atoms with Crippen LogP contribution in [0.15, 0.2) is 30.3 Å². The number of aromatic nitrogens is 3. The van der Waals surface area contributed by atoms with E-state index in [1.165, 1.54) is 5.56 Å². The van der Waals surface area contributed by atoms with E-state index in [2.05, 4.69) is 27.3 Å². The third kappa shape index (κ3) is 3.41. The van der Waals surface area contributed by atoms with Crippen molar-refractivity contribution in [3.05, 3.63) is 47.5 Å². The van der Waals surface area contributed by atoms with Crippen molar-refractivity contribution in [2.75, 3.05) is 26.2 Å². The average Bonchev–Trinajstić information content (AvgIpc) is 3.31. The first-order chi connectivity index (χ1) is 13.5. The number of aryl methyl sites for hydroxylation is 2. The molecule has 7 heteroatoms. The second-order valence-corrected chi connectivity index (χ2v) is 8.07. The summed E-state index contributed by atoms with van der Waals surface area (Å²) in [4.78, 5) is 33.3. The number of carbonyl (C=O) groups excluding carboxylic acids is 2. The van der Waals surface area contributed by atoms with Crippen molar-refractivity contribution in [1.82, 2.24) is 25.0 Å². The molecule has 7 nitrogen and oxygen atoms in total. The van der Waals surface area contributed by atoms with Crippen molar-refractivity contribution in [2.45, 2.75) is 38.5 Å². The molecule has 2 saturated heterocycles. The molecule has 2 atom stereocenters. The van der Waals surface area contributed by atoms with Crippen molar-refractivity contribution < 1.29 is 9.59 Å². The Morgan fingerprint density at radius 1 is 1.21 bits per heavy atom. The maximum atomic E-state index is 12.8. The molecule has 1 aromatic heterocycles. The second kappa shape index (κ2) is 7.37. The number of benzene rings is 1. The summed E-state index contributed by atoms with van der Waals surface area (Å²) >= 11 is 0. The fourth-order valence-electron chi connectivity index (χ4n) is 4.63. The number of fused-ring (bicyclic) bond motifs is 1. The van der Waals surface area contributed by atoms with Gasteiger partial charge in [0.2, 0.25) is 11.8 Å². The minimum absolute atomic E-state index is 0.0722. The zero-order valence-corrected chi connectivity index (χ0v) is 16.5. The molecule has 4 rings (SSSR count). The SMILES string of the molecule is CC(=O)N1C[C@H]2CN(C(=O)CCc3ccccc3)CC[C@@]2(c2n[nH]c(C)n2)C1. The smallest absolute Gasteiger partial charge is 0.222 e. The first-order valence-electron chi connectivity index (χ1n) is 9.94. The van der Waals surface area contributed by atoms with Crippen LogP contribution in [-0.4, -0.2) is 63.0 Å². The Morgan fingerprint density at radius 2 is 1.96 bits per heavy atom. The van der Waals surface area contributed by atoms with Gasteiger partial charge in [-0.3, -0.25) is 14.7 Å². The van der Waals surface area contributed by atoms with Gasteiger partial charge in [-0.1, -0.05) is 30.3 Å². The average molecular weight is 381 g/mol. The molecule has 2 amide bonds. The van der Waals surface area contributed by atoms with E-state index < -0.39 is 0 Å². The molecule has 2 aliphatic rings. The summed E-state index contributed by atoms with van der Waals surface area (Å²) in [6, 6.07) is 10.1. The lowest BCUT2D eigenvalue weighted by atomic mass is 9.72. The predicted octanol–water partition coefficient (Wildman–Crippen LogP) is 1.69. The zero-order chi connectivity index (χ0) is 19.7. The van der Waals surface area contributed by atoms with Crippen LogP contribution in [0.25, 0.3) is 0 Å². The Balaban J connectivity index is 1.48. The van der Waals surface area contributed by atoms with Gasteiger partial charge >= 0.3 is 0 Å². The lowest BCUT2D eigenvalue weighted by molar-refractivity contribution is -0.133. The number of carbonyl (C=O) groups is 2. The van der Waals surface area contributed by atoms with Crippen molar-refractivity contribution in [2.24, 2.45) is 5.92 Å².